The normalized spacial score (nSPS) is 1.20. The van der Waals surface area contributed by atoms with Gasteiger partial charge in [-0.1, -0.05) is 0 Å². The topological polar surface area (TPSA) is 94.5 Å². The van der Waals surface area contributed by atoms with Gasteiger partial charge in [-0.25, -0.2) is 0 Å². The third kappa shape index (κ3) is 30.0. The first-order valence-electron chi connectivity index (χ1n) is 0.134. The Hall–Kier alpha value is 1.49. The van der Waals surface area contributed by atoms with Crippen LogP contribution in [0.5, 0.6) is 0 Å². The molecular formula is H6ClGdO3. The molecule has 0 aliphatic rings. The van der Waals surface area contributed by atoms with Crippen molar-refractivity contribution in [3.05, 3.63) is 0 Å². The summed E-state index contributed by atoms with van der Waals surface area (Å²) >= 11 is 1.33. The van der Waals surface area contributed by atoms with E-state index in [4.69, 9.17) is 0 Å². The Morgan fingerprint density at radius 3 is 0.800 bits per heavy atom. The van der Waals surface area contributed by atoms with Gasteiger partial charge in [-0.05, 0) is 0 Å². The molecular weight excluding hydrogens is 241 g/mol. The van der Waals surface area contributed by atoms with Gasteiger partial charge < -0.3 is 16.4 Å². The molecule has 0 aliphatic carbocycles. The van der Waals surface area contributed by atoms with E-state index in [0.29, 0.717) is 0 Å². The van der Waals surface area contributed by atoms with Gasteiger partial charge in [0.15, 0.2) is 0 Å². The Balaban J connectivity index is -0.00000000167. The molecule has 3 nitrogen and oxygen atoms in total. The zero-order valence-electron chi connectivity index (χ0n) is 2.23. The zero-order valence-corrected chi connectivity index (χ0v) is 5.26. The summed E-state index contributed by atoms with van der Waals surface area (Å²) in [5, 5.41) is 0. The van der Waals surface area contributed by atoms with Crippen molar-refractivity contribution in [2.24, 2.45) is 0 Å². The Bertz CT molecular complexity index is 6.85. The van der Waals surface area contributed by atoms with E-state index in [-0.39, 0.29) is 16.4 Å². The number of halogens is 1. The Labute approximate surface area is 58.1 Å². The van der Waals surface area contributed by atoms with Crippen molar-refractivity contribution >= 4 is 5.97 Å². The van der Waals surface area contributed by atoms with Crippen LogP contribution in [0.25, 0.3) is 0 Å². The molecule has 0 unspecified atom stereocenters. The van der Waals surface area contributed by atoms with E-state index in [1.54, 1.807) is 0 Å². The first-order valence-corrected chi connectivity index (χ1v) is 2.97. The van der Waals surface area contributed by atoms with Crippen LogP contribution in [0.2, 0.25) is 0 Å². The van der Waals surface area contributed by atoms with Crippen molar-refractivity contribution in [2.45, 2.75) is 0 Å². The van der Waals surface area contributed by atoms with E-state index in [0.717, 1.165) is 0 Å². The van der Waals surface area contributed by atoms with Crippen LogP contribution in [0.1, 0.15) is 0 Å². The molecule has 0 rings (SSSR count). The minimum absolute atomic E-state index is 0. The second-order valence-corrected chi connectivity index (χ2v) is 0. The van der Waals surface area contributed by atoms with Crippen LogP contribution < -0.4 is 0 Å². The second-order valence-electron chi connectivity index (χ2n) is 0. The monoisotopic (exact) mass is 247 g/mol. The van der Waals surface area contributed by atoms with Crippen LogP contribution in [0.3, 0.4) is 0 Å². The fourth-order valence-electron chi connectivity index (χ4n) is 0. The summed E-state index contributed by atoms with van der Waals surface area (Å²) in [5.41, 5.74) is 0. The third-order valence-electron chi connectivity index (χ3n) is 0. The summed E-state index contributed by atoms with van der Waals surface area (Å²) in [4.78, 5) is 0. The molecule has 39 valence electrons. The molecule has 5 heavy (non-hydrogen) atoms. The first-order chi connectivity index (χ1) is 1.00. The van der Waals surface area contributed by atoms with Gasteiger partial charge in [0.05, 0.1) is 0 Å². The molecule has 0 amide bonds. The Morgan fingerprint density at radius 1 is 0.800 bits per heavy atom. The summed E-state index contributed by atoms with van der Waals surface area (Å²) in [6, 6.07) is 0. The minimum atomic E-state index is 0. The number of hydrogen-bond acceptors (Lipinski definition) is 0. The molecule has 0 fully saturated rings. The third-order valence-corrected chi connectivity index (χ3v) is 0. The summed E-state index contributed by atoms with van der Waals surface area (Å²) in [7, 11) is 0. The van der Waals surface area contributed by atoms with Gasteiger partial charge in [-0.3, -0.25) is 0 Å². The average molecular weight is 247 g/mol. The summed E-state index contributed by atoms with van der Waals surface area (Å²) in [5.74, 6) is 4.67. The molecule has 0 spiro atoms. The van der Waals surface area contributed by atoms with Crippen LogP contribution in [-0.2, 0) is 0 Å². The van der Waals surface area contributed by atoms with Crippen LogP contribution >= 0.6 is 5.97 Å². The van der Waals surface area contributed by atoms with E-state index in [2.05, 4.69) is 5.97 Å². The summed E-state index contributed by atoms with van der Waals surface area (Å²) in [6.07, 6.45) is 0. The molecule has 0 aromatic rings. The van der Waals surface area contributed by atoms with Crippen molar-refractivity contribution in [1.82, 2.24) is 0 Å². The Morgan fingerprint density at radius 2 is 0.800 bits per heavy atom. The van der Waals surface area contributed by atoms with Gasteiger partial charge >= 0.3 is 42.3 Å². The van der Waals surface area contributed by atoms with Gasteiger partial charge in [0.25, 0.3) is 0 Å². The van der Waals surface area contributed by atoms with Gasteiger partial charge in [0.1, 0.15) is 0 Å². The van der Waals surface area contributed by atoms with Crippen LogP contribution in [0, 0.1) is 36.4 Å². The van der Waals surface area contributed by atoms with Crippen molar-refractivity contribution < 1.29 is 52.8 Å². The summed E-state index contributed by atoms with van der Waals surface area (Å²) in [6.45, 7) is 0. The number of hydrogen-bond donors (Lipinski definition) is 0. The molecule has 6 N–H and O–H groups in total. The quantitative estimate of drug-likeness (QED) is 0.483. The van der Waals surface area contributed by atoms with Crippen molar-refractivity contribution in [1.29, 1.82) is 0 Å². The molecule has 0 aromatic carbocycles. The van der Waals surface area contributed by atoms with Gasteiger partial charge in [0, 0.05) is 0 Å². The van der Waals surface area contributed by atoms with E-state index < -0.39 is 0 Å². The van der Waals surface area contributed by atoms with Crippen molar-refractivity contribution in [3.8, 4) is 0 Å². The SMILES string of the molecule is O.O.O.[Cl][Gd]. The molecule has 0 atom stereocenters. The molecule has 0 aromatic heterocycles. The molecule has 5 heteroatoms. The molecule has 0 heterocycles. The Kier molecular flexibility index (Phi) is 313. The van der Waals surface area contributed by atoms with Gasteiger partial charge in [0.2, 0.25) is 0 Å². The van der Waals surface area contributed by atoms with Crippen LogP contribution in [-0.4, -0.2) is 16.4 Å². The van der Waals surface area contributed by atoms with E-state index in [1.807, 2.05) is 0 Å². The molecule has 0 radical (unpaired) electrons. The van der Waals surface area contributed by atoms with Gasteiger partial charge in [-0.15, -0.1) is 0 Å². The van der Waals surface area contributed by atoms with Crippen molar-refractivity contribution in [3.63, 3.8) is 0 Å². The predicted molar refractivity (Wildman–Crippen MR) is 16.7 cm³/mol. The molecule has 0 saturated heterocycles. The first kappa shape index (κ1) is 31.5. The predicted octanol–water partition coefficient (Wildman–Crippen LogP) is -1.78. The maximum absolute atomic E-state index is 4.67. The fraction of sp³-hybridized carbons (Fsp3) is 0. The zero-order chi connectivity index (χ0) is 2.00. The van der Waals surface area contributed by atoms with Crippen LogP contribution in [0.15, 0.2) is 0 Å². The van der Waals surface area contributed by atoms with Gasteiger partial charge in [-0.2, -0.15) is 0 Å². The molecule has 0 saturated carbocycles. The standard InChI is InChI=1S/ClH.Gd.3H2O/h1H;;3*1H2/q;+1;;;/p-1. The molecule has 0 bridgehead atoms. The maximum atomic E-state index is 4.67. The second kappa shape index (κ2) is 49.7. The number of rotatable bonds is 0. The summed E-state index contributed by atoms with van der Waals surface area (Å²) < 4.78 is 0. The fourth-order valence-corrected chi connectivity index (χ4v) is 0. The van der Waals surface area contributed by atoms with E-state index >= 15 is 0 Å². The van der Waals surface area contributed by atoms with E-state index in [9.17, 15) is 0 Å². The van der Waals surface area contributed by atoms with E-state index in [1.165, 1.54) is 36.4 Å². The van der Waals surface area contributed by atoms with Crippen LogP contribution in [0.4, 0.5) is 0 Å². The molecule has 0 aliphatic heterocycles. The van der Waals surface area contributed by atoms with Crippen molar-refractivity contribution in [2.75, 3.05) is 0 Å². The average Bonchev–Trinajstić information content (AvgIpc) is 1.00.